The highest BCUT2D eigenvalue weighted by atomic mass is 16.8. The average molecular weight is 1110 g/mol. The van der Waals surface area contributed by atoms with E-state index in [1.54, 1.807) is 0 Å². The molecule has 77 heavy (non-hydrogen) atoms. The van der Waals surface area contributed by atoms with E-state index in [4.69, 9.17) is 42.6 Å². The molecule has 4 heterocycles. The third-order valence-electron chi connectivity index (χ3n) is 17.0. The fourth-order valence-corrected chi connectivity index (χ4v) is 12.3. The number of fused-ring (bicyclic) bond motifs is 1. The lowest BCUT2D eigenvalue weighted by atomic mass is 9.73. The molecular formula is C51H81O26+. The van der Waals surface area contributed by atoms with Crippen molar-refractivity contribution in [3.05, 3.63) is 24.3 Å². The number of carbonyl (C=O) groups excluding carboxylic acids is 2. The lowest BCUT2D eigenvalue weighted by Gasteiger charge is -2.50. The molecule has 0 aromatic rings. The summed E-state index contributed by atoms with van der Waals surface area (Å²) >= 11 is 0. The Morgan fingerprint density at radius 3 is 1.51 bits per heavy atom. The van der Waals surface area contributed by atoms with Gasteiger partial charge in [-0.3, -0.25) is 0 Å². The SMILES string of the molecule is O=C(C=CC1CCC(O)C(O)C1)OCC1OC(OC2C(OC3CC4C(OC5OC(CO)C(O)C(O)C5O)CC(O)CC4[OH+]C3C3CCC(O)CC3)OC(COC(=O)C=CC3CCC(O)C(O)C3)C(O)C2O)C(O)C(O)C1O. The van der Waals surface area contributed by atoms with Crippen molar-refractivity contribution in [2.45, 2.75) is 237 Å². The van der Waals surface area contributed by atoms with E-state index < -0.39 is 191 Å². The van der Waals surface area contributed by atoms with Crippen LogP contribution in [-0.2, 0) is 47.5 Å². The maximum atomic E-state index is 13.1. The molecule has 26 nitrogen and oxygen atoms in total. The first kappa shape index (κ1) is 60.6. The van der Waals surface area contributed by atoms with Gasteiger partial charge in [0.15, 0.2) is 31.1 Å². The van der Waals surface area contributed by atoms with Crippen LogP contribution in [0.1, 0.15) is 83.5 Å². The molecule has 0 radical (unpaired) electrons. The second kappa shape index (κ2) is 27.1. The Balaban J connectivity index is 1.03. The predicted octanol–water partition coefficient (Wildman–Crippen LogP) is -5.57. The molecule has 4 aliphatic carbocycles. The van der Waals surface area contributed by atoms with Crippen LogP contribution in [0.25, 0.3) is 0 Å². The van der Waals surface area contributed by atoms with Crippen molar-refractivity contribution < 1.29 is 129 Å². The zero-order valence-electron chi connectivity index (χ0n) is 42.6. The minimum atomic E-state index is -2.03. The second-order valence-corrected chi connectivity index (χ2v) is 22.4. The van der Waals surface area contributed by atoms with E-state index in [2.05, 4.69) is 0 Å². The molecule has 27 atom stereocenters. The molecule has 440 valence electrons. The summed E-state index contributed by atoms with van der Waals surface area (Å²) in [4.78, 5) is 25.9. The third kappa shape index (κ3) is 14.8. The zero-order chi connectivity index (χ0) is 55.4. The van der Waals surface area contributed by atoms with Crippen LogP contribution in [0.4, 0.5) is 0 Å². The largest absolute Gasteiger partial charge is 0.460 e. The second-order valence-electron chi connectivity index (χ2n) is 22.4. The van der Waals surface area contributed by atoms with E-state index in [0.717, 1.165) is 12.2 Å². The summed E-state index contributed by atoms with van der Waals surface area (Å²) in [6.07, 6.45) is -25.4. The van der Waals surface area contributed by atoms with E-state index in [1.807, 2.05) is 0 Å². The molecule has 27 unspecified atom stereocenters. The maximum absolute atomic E-state index is 13.1. The van der Waals surface area contributed by atoms with Gasteiger partial charge in [0, 0.05) is 30.9 Å². The molecule has 0 amide bonds. The summed E-state index contributed by atoms with van der Waals surface area (Å²) in [5, 5.41) is 160. The van der Waals surface area contributed by atoms with E-state index in [0.29, 0.717) is 51.4 Å². The van der Waals surface area contributed by atoms with Gasteiger partial charge in [-0.1, -0.05) is 12.2 Å². The van der Waals surface area contributed by atoms with Crippen molar-refractivity contribution in [3.63, 3.8) is 0 Å². The molecule has 0 aromatic heterocycles. The molecule has 0 bridgehead atoms. The number of esters is 2. The van der Waals surface area contributed by atoms with Gasteiger partial charge in [0.25, 0.3) is 0 Å². The van der Waals surface area contributed by atoms with Crippen LogP contribution in [0.15, 0.2) is 24.3 Å². The van der Waals surface area contributed by atoms with Crippen LogP contribution in [0.3, 0.4) is 0 Å². The van der Waals surface area contributed by atoms with Gasteiger partial charge in [0.05, 0.1) is 55.3 Å². The van der Waals surface area contributed by atoms with Gasteiger partial charge in [-0.25, -0.2) is 9.59 Å². The molecular weight excluding hydrogens is 1030 g/mol. The number of ether oxygens (including phenoxy) is 9. The Hall–Kier alpha value is -2.46. The zero-order valence-corrected chi connectivity index (χ0v) is 42.6. The van der Waals surface area contributed by atoms with Crippen molar-refractivity contribution in [2.24, 2.45) is 23.7 Å². The quantitative estimate of drug-likeness (QED) is 0.0389. The topological polar surface area (TPSA) is 424 Å². The van der Waals surface area contributed by atoms with Crippen LogP contribution in [0, 0.1) is 23.7 Å². The molecule has 0 spiro atoms. The molecule has 26 heteroatoms. The van der Waals surface area contributed by atoms with Gasteiger partial charge in [0.1, 0.15) is 92.6 Å². The molecule has 0 aromatic carbocycles. The van der Waals surface area contributed by atoms with Crippen LogP contribution in [-0.4, -0.2) is 266 Å². The molecule has 8 rings (SSSR count). The molecule has 4 aliphatic heterocycles. The van der Waals surface area contributed by atoms with E-state index in [1.165, 1.54) is 12.2 Å². The number of hydrogen-bond donors (Lipinski definition) is 15. The normalized spacial score (nSPS) is 49.1. The van der Waals surface area contributed by atoms with Crippen molar-refractivity contribution in [1.82, 2.24) is 0 Å². The van der Waals surface area contributed by atoms with E-state index in [-0.39, 0.29) is 49.9 Å². The van der Waals surface area contributed by atoms with Gasteiger partial charge >= 0.3 is 11.9 Å². The summed E-state index contributed by atoms with van der Waals surface area (Å²) < 4.78 is 53.2. The highest BCUT2D eigenvalue weighted by molar-refractivity contribution is 5.82. The minimum absolute atomic E-state index is 0.00598. The molecule has 16 N–H and O–H groups in total. The Bertz CT molecular complexity index is 1940. The smallest absolute Gasteiger partial charge is 0.330 e. The van der Waals surface area contributed by atoms with Gasteiger partial charge < -0.3 is 119 Å². The highest BCUT2D eigenvalue weighted by Gasteiger charge is 2.58. The summed E-state index contributed by atoms with van der Waals surface area (Å²) in [6.45, 7) is -2.06. The highest BCUT2D eigenvalue weighted by Crippen LogP contribution is 2.44. The van der Waals surface area contributed by atoms with Crippen LogP contribution in [0.2, 0.25) is 0 Å². The average Bonchev–Trinajstić information content (AvgIpc) is 3.42. The van der Waals surface area contributed by atoms with E-state index in [9.17, 15) is 86.2 Å². The Labute approximate surface area is 444 Å². The molecule has 4 saturated carbocycles. The number of aliphatic hydroxyl groups excluding tert-OH is 15. The van der Waals surface area contributed by atoms with Crippen molar-refractivity contribution in [2.75, 3.05) is 19.8 Å². The molecule has 8 aliphatic rings. The van der Waals surface area contributed by atoms with Crippen molar-refractivity contribution in [1.29, 1.82) is 0 Å². The lowest BCUT2D eigenvalue weighted by molar-refractivity contribution is -0.389. The summed E-state index contributed by atoms with van der Waals surface area (Å²) in [7, 11) is 0. The summed E-state index contributed by atoms with van der Waals surface area (Å²) in [5.41, 5.74) is 0. The first-order chi connectivity index (χ1) is 36.7. The van der Waals surface area contributed by atoms with Gasteiger partial charge in [-0.05, 0) is 82.5 Å². The Kier molecular flexibility index (Phi) is 21.3. The first-order valence-corrected chi connectivity index (χ1v) is 27.2. The minimum Gasteiger partial charge on any atom is -0.460 e. The number of allylic oxidation sites excluding steroid dienone is 2. The Morgan fingerprint density at radius 1 is 0.468 bits per heavy atom. The van der Waals surface area contributed by atoms with Gasteiger partial charge in [-0.2, -0.15) is 0 Å². The van der Waals surface area contributed by atoms with Crippen molar-refractivity contribution in [3.8, 4) is 0 Å². The number of aliphatic hydroxyl groups is 17. The number of hydrogen-bond acceptors (Lipinski definition) is 25. The van der Waals surface area contributed by atoms with Gasteiger partial charge in [0.2, 0.25) is 0 Å². The van der Waals surface area contributed by atoms with Gasteiger partial charge in [-0.15, -0.1) is 0 Å². The molecule has 8 fully saturated rings. The fourth-order valence-electron chi connectivity index (χ4n) is 12.3. The van der Waals surface area contributed by atoms with E-state index >= 15 is 0 Å². The summed E-state index contributed by atoms with van der Waals surface area (Å²) in [6, 6.07) is 0. The summed E-state index contributed by atoms with van der Waals surface area (Å²) in [5.74, 6) is -3.06. The lowest BCUT2D eigenvalue weighted by Crippen LogP contribution is -2.66. The van der Waals surface area contributed by atoms with Crippen LogP contribution >= 0.6 is 0 Å². The Morgan fingerprint density at radius 2 is 0.961 bits per heavy atom. The number of carbonyl (C=O) groups is 2. The predicted molar refractivity (Wildman–Crippen MR) is 256 cm³/mol. The van der Waals surface area contributed by atoms with Crippen LogP contribution < -0.4 is 0 Å². The fraction of sp³-hybridized carbons (Fsp3) is 0.882. The first-order valence-electron chi connectivity index (χ1n) is 27.2. The van der Waals surface area contributed by atoms with Crippen molar-refractivity contribution >= 4 is 11.9 Å². The molecule has 4 saturated heterocycles. The maximum Gasteiger partial charge on any atom is 0.330 e. The van der Waals surface area contributed by atoms with Crippen LogP contribution in [0.5, 0.6) is 0 Å². The monoisotopic (exact) mass is 1110 g/mol. The standard InChI is InChI=1S/C51H80O26/c52-18-34-39(61)42(64)45(67)49(74-34)72-32-16-25(54)15-31-26(32)17-33(47(71-31)23-5-7-24(53)8-6-23)73-51-48(44(66)41(63)36(76-51)20-70-38(60)12-4-22-2-10-28(56)30(58)14-22)77-50-46(68)43(65)40(62)35(75-50)19-69-37(59)11-3-21-1-9-27(55)29(57)13-21/h3-4,11-12,21-36,39-58,61-68H,1-2,5-10,13-20H2/p+1. The number of rotatable bonds is 16. The third-order valence-corrected chi connectivity index (χ3v) is 17.0.